The van der Waals surface area contributed by atoms with Crippen LogP contribution in [-0.2, 0) is 14.3 Å². The SMILES string of the molecule is CCOC(=O)C(C)NCCC1CCCCO1. The minimum atomic E-state index is -0.219. The molecule has 1 heterocycles. The third-order valence-corrected chi connectivity index (χ3v) is 2.83. The first-order valence-corrected chi connectivity index (χ1v) is 6.25. The van der Waals surface area contributed by atoms with Crippen LogP contribution < -0.4 is 5.32 Å². The molecule has 4 nitrogen and oxygen atoms in total. The van der Waals surface area contributed by atoms with Gasteiger partial charge >= 0.3 is 5.97 Å². The van der Waals surface area contributed by atoms with Gasteiger partial charge in [-0.3, -0.25) is 4.79 Å². The molecule has 2 atom stereocenters. The molecular formula is C12H23NO3. The first-order chi connectivity index (χ1) is 7.74. The number of hydrogen-bond acceptors (Lipinski definition) is 4. The third kappa shape index (κ3) is 4.94. The van der Waals surface area contributed by atoms with Gasteiger partial charge in [-0.25, -0.2) is 0 Å². The van der Waals surface area contributed by atoms with E-state index >= 15 is 0 Å². The predicted molar refractivity (Wildman–Crippen MR) is 62.3 cm³/mol. The summed E-state index contributed by atoms with van der Waals surface area (Å²) in [4.78, 5) is 11.3. The number of rotatable bonds is 6. The Bertz CT molecular complexity index is 202. The molecule has 0 aromatic rings. The van der Waals surface area contributed by atoms with Gasteiger partial charge in [0.05, 0.1) is 12.7 Å². The lowest BCUT2D eigenvalue weighted by atomic mass is 10.1. The highest BCUT2D eigenvalue weighted by Crippen LogP contribution is 2.14. The Morgan fingerprint density at radius 3 is 3.00 bits per heavy atom. The van der Waals surface area contributed by atoms with Gasteiger partial charge in [0.15, 0.2) is 0 Å². The van der Waals surface area contributed by atoms with Gasteiger partial charge in [0.25, 0.3) is 0 Å². The lowest BCUT2D eigenvalue weighted by Crippen LogP contribution is -2.37. The van der Waals surface area contributed by atoms with E-state index in [1.807, 2.05) is 13.8 Å². The quantitative estimate of drug-likeness (QED) is 0.701. The Morgan fingerprint density at radius 1 is 1.56 bits per heavy atom. The van der Waals surface area contributed by atoms with E-state index in [9.17, 15) is 4.79 Å². The maximum Gasteiger partial charge on any atom is 0.322 e. The van der Waals surface area contributed by atoms with Crippen molar-refractivity contribution in [2.75, 3.05) is 19.8 Å². The Morgan fingerprint density at radius 2 is 2.38 bits per heavy atom. The van der Waals surface area contributed by atoms with Crippen molar-refractivity contribution < 1.29 is 14.3 Å². The van der Waals surface area contributed by atoms with Crippen LogP contribution in [-0.4, -0.2) is 37.9 Å². The minimum absolute atomic E-state index is 0.174. The molecule has 0 radical (unpaired) electrons. The Balaban J connectivity index is 2.07. The molecule has 0 aromatic carbocycles. The molecule has 1 aliphatic rings. The molecule has 94 valence electrons. The van der Waals surface area contributed by atoms with Crippen molar-refractivity contribution in [1.29, 1.82) is 0 Å². The fourth-order valence-corrected chi connectivity index (χ4v) is 1.85. The average Bonchev–Trinajstić information content (AvgIpc) is 2.30. The van der Waals surface area contributed by atoms with E-state index in [1.165, 1.54) is 12.8 Å². The number of nitrogens with one attached hydrogen (secondary N) is 1. The number of carbonyl (C=O) groups excluding carboxylic acids is 1. The molecule has 1 N–H and O–H groups in total. The lowest BCUT2D eigenvalue weighted by molar-refractivity contribution is -0.145. The standard InChI is InChI=1S/C12H23NO3/c1-3-15-12(14)10(2)13-8-7-11-6-4-5-9-16-11/h10-11,13H,3-9H2,1-2H3. The van der Waals surface area contributed by atoms with Crippen LogP contribution in [0.5, 0.6) is 0 Å². The minimum Gasteiger partial charge on any atom is -0.465 e. The molecule has 0 amide bonds. The summed E-state index contributed by atoms with van der Waals surface area (Å²) in [7, 11) is 0. The molecule has 1 aliphatic heterocycles. The molecule has 0 spiro atoms. The average molecular weight is 229 g/mol. The zero-order valence-corrected chi connectivity index (χ0v) is 10.3. The monoisotopic (exact) mass is 229 g/mol. The number of ether oxygens (including phenoxy) is 2. The maximum atomic E-state index is 11.3. The Labute approximate surface area is 97.7 Å². The molecule has 1 fully saturated rings. The summed E-state index contributed by atoms with van der Waals surface area (Å²) in [6.07, 6.45) is 4.94. The molecule has 0 bridgehead atoms. The van der Waals surface area contributed by atoms with Crippen LogP contribution in [0.15, 0.2) is 0 Å². The van der Waals surface area contributed by atoms with E-state index in [2.05, 4.69) is 5.32 Å². The van der Waals surface area contributed by atoms with E-state index in [0.29, 0.717) is 12.7 Å². The summed E-state index contributed by atoms with van der Waals surface area (Å²) in [6.45, 7) is 5.79. The van der Waals surface area contributed by atoms with Crippen molar-refractivity contribution in [2.45, 2.75) is 51.7 Å². The van der Waals surface area contributed by atoms with Crippen LogP contribution in [0.1, 0.15) is 39.5 Å². The Hall–Kier alpha value is -0.610. The molecule has 4 heteroatoms. The van der Waals surface area contributed by atoms with Gasteiger partial charge < -0.3 is 14.8 Å². The predicted octanol–water partition coefficient (Wildman–Crippen LogP) is 1.49. The van der Waals surface area contributed by atoms with Gasteiger partial charge in [-0.1, -0.05) is 0 Å². The van der Waals surface area contributed by atoms with E-state index in [-0.39, 0.29) is 12.0 Å². The zero-order chi connectivity index (χ0) is 11.8. The molecule has 0 saturated carbocycles. The number of carbonyl (C=O) groups is 1. The molecule has 2 unspecified atom stereocenters. The first-order valence-electron chi connectivity index (χ1n) is 6.25. The molecule has 1 rings (SSSR count). The van der Waals surface area contributed by atoms with Crippen LogP contribution in [0, 0.1) is 0 Å². The van der Waals surface area contributed by atoms with Crippen LogP contribution in [0.3, 0.4) is 0 Å². The normalized spacial score (nSPS) is 22.8. The number of esters is 1. The second kappa shape index (κ2) is 7.63. The van der Waals surface area contributed by atoms with E-state index in [1.54, 1.807) is 0 Å². The topological polar surface area (TPSA) is 47.6 Å². The van der Waals surface area contributed by atoms with Crippen molar-refractivity contribution in [3.63, 3.8) is 0 Å². The summed E-state index contributed by atoms with van der Waals surface area (Å²) in [6, 6.07) is -0.219. The molecular weight excluding hydrogens is 206 g/mol. The summed E-state index contributed by atoms with van der Waals surface area (Å²) in [5.41, 5.74) is 0. The maximum absolute atomic E-state index is 11.3. The van der Waals surface area contributed by atoms with Crippen LogP contribution in [0.2, 0.25) is 0 Å². The lowest BCUT2D eigenvalue weighted by Gasteiger charge is -2.23. The summed E-state index contributed by atoms with van der Waals surface area (Å²) in [5, 5.41) is 3.16. The largest absolute Gasteiger partial charge is 0.465 e. The fourth-order valence-electron chi connectivity index (χ4n) is 1.85. The molecule has 1 saturated heterocycles. The smallest absolute Gasteiger partial charge is 0.322 e. The van der Waals surface area contributed by atoms with Gasteiger partial charge in [-0.15, -0.1) is 0 Å². The van der Waals surface area contributed by atoms with Gasteiger partial charge in [-0.2, -0.15) is 0 Å². The van der Waals surface area contributed by atoms with E-state index in [4.69, 9.17) is 9.47 Å². The van der Waals surface area contributed by atoms with Crippen LogP contribution in [0.25, 0.3) is 0 Å². The highest BCUT2D eigenvalue weighted by Gasteiger charge is 2.16. The van der Waals surface area contributed by atoms with Crippen molar-refractivity contribution in [1.82, 2.24) is 5.32 Å². The summed E-state index contributed by atoms with van der Waals surface area (Å²) < 4.78 is 10.5. The first kappa shape index (κ1) is 13.5. The van der Waals surface area contributed by atoms with Crippen molar-refractivity contribution in [3.05, 3.63) is 0 Å². The highest BCUT2D eigenvalue weighted by molar-refractivity contribution is 5.75. The third-order valence-electron chi connectivity index (χ3n) is 2.83. The van der Waals surface area contributed by atoms with Crippen LogP contribution >= 0.6 is 0 Å². The van der Waals surface area contributed by atoms with Gasteiger partial charge in [0.2, 0.25) is 0 Å². The molecule has 0 aromatic heterocycles. The second-order valence-electron chi connectivity index (χ2n) is 4.21. The van der Waals surface area contributed by atoms with Crippen LogP contribution in [0.4, 0.5) is 0 Å². The Kier molecular flexibility index (Phi) is 6.42. The zero-order valence-electron chi connectivity index (χ0n) is 10.3. The fraction of sp³-hybridized carbons (Fsp3) is 0.917. The number of hydrogen-bond donors (Lipinski definition) is 1. The highest BCUT2D eigenvalue weighted by atomic mass is 16.5. The van der Waals surface area contributed by atoms with Crippen molar-refractivity contribution in [2.24, 2.45) is 0 Å². The van der Waals surface area contributed by atoms with Gasteiger partial charge in [-0.05, 0) is 46.1 Å². The van der Waals surface area contributed by atoms with E-state index in [0.717, 1.165) is 26.0 Å². The van der Waals surface area contributed by atoms with E-state index < -0.39 is 0 Å². The van der Waals surface area contributed by atoms with Crippen molar-refractivity contribution in [3.8, 4) is 0 Å². The van der Waals surface area contributed by atoms with Crippen molar-refractivity contribution >= 4 is 5.97 Å². The molecule has 0 aliphatic carbocycles. The summed E-state index contributed by atoms with van der Waals surface area (Å²) in [5.74, 6) is -0.174. The molecule has 16 heavy (non-hydrogen) atoms. The van der Waals surface area contributed by atoms with Gasteiger partial charge in [0, 0.05) is 6.61 Å². The summed E-state index contributed by atoms with van der Waals surface area (Å²) >= 11 is 0. The van der Waals surface area contributed by atoms with Gasteiger partial charge in [0.1, 0.15) is 6.04 Å². The second-order valence-corrected chi connectivity index (χ2v) is 4.21.